The molecule has 1 unspecified atom stereocenters. The number of anilines is 3. The van der Waals surface area contributed by atoms with Gasteiger partial charge in [-0.2, -0.15) is 15.0 Å². The molecule has 0 radical (unpaired) electrons. The van der Waals surface area contributed by atoms with Gasteiger partial charge in [0.15, 0.2) is 0 Å². The fourth-order valence-electron chi connectivity index (χ4n) is 3.31. The van der Waals surface area contributed by atoms with E-state index < -0.39 is 0 Å². The number of nitrogens with two attached hydrogens (primary N) is 1. The Balaban J connectivity index is 1.89. The largest absolute Gasteiger partial charge is 0.341 e. The number of hydrogen-bond donors (Lipinski definition) is 2. The smallest absolute Gasteiger partial charge is 0.243 e. The van der Waals surface area contributed by atoms with E-state index in [0.29, 0.717) is 12.0 Å². The molecular weight excluding hydrogens is 266 g/mol. The fraction of sp³-hybridized carbons (Fsp3) is 0.786. The zero-order chi connectivity index (χ0) is 14.7. The van der Waals surface area contributed by atoms with Gasteiger partial charge in [0.05, 0.1) is 0 Å². The molecule has 0 spiro atoms. The Bertz CT molecular complexity index is 472. The predicted molar refractivity (Wildman–Crippen MR) is 84.4 cm³/mol. The van der Waals surface area contributed by atoms with Crippen LogP contribution in [0.2, 0.25) is 0 Å². The third-order valence-corrected chi connectivity index (χ3v) is 4.49. The van der Waals surface area contributed by atoms with Crippen molar-refractivity contribution in [1.29, 1.82) is 0 Å². The average Bonchev–Trinajstić information content (AvgIpc) is 3.04. The minimum atomic E-state index is 0.460. The zero-order valence-corrected chi connectivity index (χ0v) is 12.8. The first kappa shape index (κ1) is 14.3. The third kappa shape index (κ3) is 3.02. The molecule has 2 aliphatic heterocycles. The monoisotopic (exact) mass is 291 g/mol. The van der Waals surface area contributed by atoms with Crippen LogP contribution in [0, 0.1) is 0 Å². The van der Waals surface area contributed by atoms with Crippen LogP contribution < -0.4 is 21.1 Å². The molecule has 7 heteroatoms. The van der Waals surface area contributed by atoms with Crippen LogP contribution in [0.4, 0.5) is 17.8 Å². The Morgan fingerprint density at radius 2 is 1.81 bits per heavy atom. The van der Waals surface area contributed by atoms with E-state index in [9.17, 15) is 0 Å². The van der Waals surface area contributed by atoms with Gasteiger partial charge in [0, 0.05) is 25.7 Å². The maximum atomic E-state index is 5.54. The summed E-state index contributed by atoms with van der Waals surface area (Å²) in [6.07, 6.45) is 7.24. The average molecular weight is 291 g/mol. The maximum absolute atomic E-state index is 5.54. The van der Waals surface area contributed by atoms with Crippen LogP contribution in [0.25, 0.3) is 0 Å². The number of nitrogens with zero attached hydrogens (tertiary/aromatic N) is 5. The predicted octanol–water partition coefficient (Wildman–Crippen LogP) is 1.53. The van der Waals surface area contributed by atoms with Crippen LogP contribution >= 0.6 is 0 Å². The molecule has 0 amide bonds. The van der Waals surface area contributed by atoms with Gasteiger partial charge < -0.3 is 9.80 Å². The van der Waals surface area contributed by atoms with Crippen LogP contribution in [0.3, 0.4) is 0 Å². The summed E-state index contributed by atoms with van der Waals surface area (Å²) in [5, 5.41) is 0. The molecule has 0 saturated carbocycles. The van der Waals surface area contributed by atoms with Crippen LogP contribution in [-0.4, -0.2) is 40.6 Å². The summed E-state index contributed by atoms with van der Waals surface area (Å²) < 4.78 is 0. The second kappa shape index (κ2) is 6.43. The molecule has 2 saturated heterocycles. The van der Waals surface area contributed by atoms with Gasteiger partial charge in [-0.25, -0.2) is 5.84 Å². The van der Waals surface area contributed by atoms with E-state index in [0.717, 1.165) is 38.0 Å². The van der Waals surface area contributed by atoms with Crippen molar-refractivity contribution in [2.45, 2.75) is 51.5 Å². The lowest BCUT2D eigenvalue weighted by molar-refractivity contribution is 0.566. The molecule has 1 atom stereocenters. The zero-order valence-electron chi connectivity index (χ0n) is 12.8. The van der Waals surface area contributed by atoms with Gasteiger partial charge in [-0.3, -0.25) is 5.43 Å². The molecule has 1 aromatic heterocycles. The van der Waals surface area contributed by atoms with Crippen LogP contribution in [0.1, 0.15) is 45.4 Å². The van der Waals surface area contributed by atoms with E-state index in [2.05, 4.69) is 32.1 Å². The van der Waals surface area contributed by atoms with Crippen molar-refractivity contribution >= 4 is 17.8 Å². The first-order chi connectivity index (χ1) is 10.3. The first-order valence-electron chi connectivity index (χ1n) is 8.06. The number of piperidine rings is 1. The highest BCUT2D eigenvalue weighted by molar-refractivity contribution is 5.46. The summed E-state index contributed by atoms with van der Waals surface area (Å²) in [7, 11) is 0. The van der Waals surface area contributed by atoms with Gasteiger partial charge >= 0.3 is 0 Å². The first-order valence-corrected chi connectivity index (χ1v) is 8.06. The minimum absolute atomic E-state index is 0.460. The van der Waals surface area contributed by atoms with E-state index in [-0.39, 0.29) is 0 Å². The van der Waals surface area contributed by atoms with Crippen molar-refractivity contribution in [3.8, 4) is 0 Å². The third-order valence-electron chi connectivity index (χ3n) is 4.49. The van der Waals surface area contributed by atoms with E-state index in [1.165, 1.54) is 32.1 Å². The second-order valence-electron chi connectivity index (χ2n) is 5.85. The van der Waals surface area contributed by atoms with Gasteiger partial charge in [0.25, 0.3) is 0 Å². The topological polar surface area (TPSA) is 83.2 Å². The quantitative estimate of drug-likeness (QED) is 0.643. The molecule has 21 heavy (non-hydrogen) atoms. The highest BCUT2D eigenvalue weighted by Crippen LogP contribution is 2.27. The molecule has 0 aromatic carbocycles. The van der Waals surface area contributed by atoms with Crippen LogP contribution in [-0.2, 0) is 0 Å². The van der Waals surface area contributed by atoms with Crippen molar-refractivity contribution in [2.75, 3.05) is 34.9 Å². The Kier molecular flexibility index (Phi) is 4.38. The Hall–Kier alpha value is -1.63. The molecular formula is C14H25N7. The lowest BCUT2D eigenvalue weighted by atomic mass is 10.1. The standard InChI is InChI=1S/C14H25N7/c1-2-11-7-6-10-21(11)14-17-12(19-15)16-13(18-14)20-8-4-3-5-9-20/h11H,2-10,15H2,1H3,(H,16,17,18,19). The number of aromatic nitrogens is 3. The van der Waals surface area contributed by atoms with Crippen molar-refractivity contribution in [2.24, 2.45) is 5.84 Å². The van der Waals surface area contributed by atoms with Gasteiger partial charge in [-0.15, -0.1) is 0 Å². The summed E-state index contributed by atoms with van der Waals surface area (Å²) in [6.45, 7) is 5.28. The lowest BCUT2D eigenvalue weighted by Crippen LogP contribution is -2.34. The lowest BCUT2D eigenvalue weighted by Gasteiger charge is -2.29. The Labute approximate surface area is 125 Å². The minimum Gasteiger partial charge on any atom is -0.341 e. The molecule has 3 rings (SSSR count). The summed E-state index contributed by atoms with van der Waals surface area (Å²) in [4.78, 5) is 18.2. The van der Waals surface area contributed by atoms with Crippen molar-refractivity contribution in [3.63, 3.8) is 0 Å². The van der Waals surface area contributed by atoms with Gasteiger partial charge in [0.2, 0.25) is 17.8 Å². The van der Waals surface area contributed by atoms with Gasteiger partial charge in [-0.1, -0.05) is 6.92 Å². The number of nitrogens with one attached hydrogen (secondary N) is 1. The van der Waals surface area contributed by atoms with E-state index in [1.54, 1.807) is 0 Å². The summed E-state index contributed by atoms with van der Waals surface area (Å²) in [6, 6.07) is 0.534. The highest BCUT2D eigenvalue weighted by Gasteiger charge is 2.27. The van der Waals surface area contributed by atoms with E-state index in [4.69, 9.17) is 10.8 Å². The molecule has 7 nitrogen and oxygen atoms in total. The second-order valence-corrected chi connectivity index (χ2v) is 5.85. The summed E-state index contributed by atoms with van der Waals surface area (Å²) in [5.74, 6) is 7.53. The van der Waals surface area contributed by atoms with E-state index >= 15 is 0 Å². The Morgan fingerprint density at radius 3 is 2.52 bits per heavy atom. The molecule has 0 aliphatic carbocycles. The van der Waals surface area contributed by atoms with Crippen molar-refractivity contribution in [3.05, 3.63) is 0 Å². The molecule has 116 valence electrons. The molecule has 0 bridgehead atoms. The summed E-state index contributed by atoms with van der Waals surface area (Å²) >= 11 is 0. The van der Waals surface area contributed by atoms with Crippen LogP contribution in [0.15, 0.2) is 0 Å². The Morgan fingerprint density at radius 1 is 1.05 bits per heavy atom. The number of rotatable bonds is 4. The van der Waals surface area contributed by atoms with Crippen LogP contribution in [0.5, 0.6) is 0 Å². The summed E-state index contributed by atoms with van der Waals surface area (Å²) in [5.41, 5.74) is 2.59. The van der Waals surface area contributed by atoms with Crippen molar-refractivity contribution < 1.29 is 0 Å². The molecule has 1 aromatic rings. The number of nitrogen functional groups attached to an aromatic ring is 1. The molecule has 3 heterocycles. The highest BCUT2D eigenvalue weighted by atomic mass is 15.4. The van der Waals surface area contributed by atoms with Gasteiger partial charge in [0.1, 0.15) is 0 Å². The number of hydrazine groups is 1. The number of hydrogen-bond acceptors (Lipinski definition) is 7. The van der Waals surface area contributed by atoms with E-state index in [1.807, 2.05) is 0 Å². The maximum Gasteiger partial charge on any atom is 0.243 e. The molecule has 2 aliphatic rings. The fourth-order valence-corrected chi connectivity index (χ4v) is 3.31. The molecule has 2 fully saturated rings. The SMILES string of the molecule is CCC1CCCN1c1nc(NN)nc(N2CCCCC2)n1. The van der Waals surface area contributed by atoms with Crippen molar-refractivity contribution in [1.82, 2.24) is 15.0 Å². The normalized spacial score (nSPS) is 22.7. The van der Waals surface area contributed by atoms with Gasteiger partial charge in [-0.05, 0) is 38.5 Å². The molecule has 3 N–H and O–H groups in total.